The van der Waals surface area contributed by atoms with Crippen LogP contribution in [-0.4, -0.2) is 49.6 Å². The molecule has 0 bridgehead atoms. The quantitative estimate of drug-likeness (QED) is 0.376. The average molecular weight is 454 g/mol. The first-order valence-corrected chi connectivity index (χ1v) is 11.2. The van der Waals surface area contributed by atoms with E-state index in [2.05, 4.69) is 6.07 Å². The number of nitrogens with zero attached hydrogens (tertiary/aromatic N) is 3. The van der Waals surface area contributed by atoms with Crippen LogP contribution in [0.25, 0.3) is 21.0 Å². The van der Waals surface area contributed by atoms with E-state index in [4.69, 9.17) is 21.3 Å². The second-order valence-electron chi connectivity index (χ2n) is 7.66. The smallest absolute Gasteiger partial charge is 0.266 e. The second-order valence-corrected chi connectivity index (χ2v) is 9.08. The number of benzene rings is 3. The van der Waals surface area contributed by atoms with Gasteiger partial charge in [0.2, 0.25) is 0 Å². The Bertz CT molecular complexity index is 1240. The fraction of sp³-hybridized carbons (Fsp3) is 0.250. The van der Waals surface area contributed by atoms with Crippen LogP contribution in [-0.2, 0) is 4.79 Å². The SMILES string of the molecule is Cc1c(Cl)ccc2sc(N(CCN(C)C)C(=O)COc3ccc4ccccc4c3)nc12. The highest BCUT2D eigenvalue weighted by Crippen LogP contribution is 2.33. The van der Waals surface area contributed by atoms with Gasteiger partial charge in [-0.2, -0.15) is 0 Å². The lowest BCUT2D eigenvalue weighted by Crippen LogP contribution is -2.39. The predicted octanol–water partition coefficient (Wildman–Crippen LogP) is 5.38. The molecule has 3 aromatic carbocycles. The zero-order valence-corrected chi connectivity index (χ0v) is 19.3. The molecule has 0 radical (unpaired) electrons. The molecule has 0 aliphatic rings. The molecule has 7 heteroatoms. The topological polar surface area (TPSA) is 45.7 Å². The lowest BCUT2D eigenvalue weighted by molar-refractivity contribution is -0.120. The first kappa shape index (κ1) is 21.6. The molecule has 0 aliphatic heterocycles. The monoisotopic (exact) mass is 453 g/mol. The molecule has 1 amide bonds. The van der Waals surface area contributed by atoms with Crippen LogP contribution in [0.2, 0.25) is 5.02 Å². The van der Waals surface area contributed by atoms with Crippen LogP contribution in [0.15, 0.2) is 54.6 Å². The molecule has 1 aromatic heterocycles. The molecule has 0 atom stereocenters. The van der Waals surface area contributed by atoms with E-state index in [1.54, 1.807) is 4.90 Å². The van der Waals surface area contributed by atoms with Crippen molar-refractivity contribution in [2.24, 2.45) is 0 Å². The van der Waals surface area contributed by atoms with Crippen LogP contribution in [0.1, 0.15) is 5.56 Å². The molecule has 31 heavy (non-hydrogen) atoms. The number of hydrogen-bond acceptors (Lipinski definition) is 5. The number of aryl methyl sites for hydroxylation is 1. The molecule has 0 fully saturated rings. The Morgan fingerprint density at radius 2 is 1.84 bits per heavy atom. The maximum absolute atomic E-state index is 13.1. The summed E-state index contributed by atoms with van der Waals surface area (Å²) in [6.07, 6.45) is 0. The third kappa shape index (κ3) is 4.82. The Kier molecular flexibility index (Phi) is 6.41. The van der Waals surface area contributed by atoms with Crippen LogP contribution >= 0.6 is 22.9 Å². The van der Waals surface area contributed by atoms with Crippen molar-refractivity contribution in [2.45, 2.75) is 6.92 Å². The second kappa shape index (κ2) is 9.22. The standard InChI is InChI=1S/C24H24ClN3O2S/c1-16-20(25)10-11-21-23(16)26-24(31-21)28(13-12-27(2)3)22(29)15-30-19-9-8-17-6-4-5-7-18(17)14-19/h4-11,14H,12-13,15H2,1-3H3. The number of thiazole rings is 1. The summed E-state index contributed by atoms with van der Waals surface area (Å²) in [6, 6.07) is 17.7. The van der Waals surface area contributed by atoms with E-state index < -0.39 is 0 Å². The van der Waals surface area contributed by atoms with Gasteiger partial charge in [0, 0.05) is 18.1 Å². The number of amides is 1. The van der Waals surface area contributed by atoms with Gasteiger partial charge < -0.3 is 9.64 Å². The van der Waals surface area contributed by atoms with E-state index in [0.717, 1.165) is 33.1 Å². The summed E-state index contributed by atoms with van der Waals surface area (Å²) in [5.41, 5.74) is 1.76. The summed E-state index contributed by atoms with van der Waals surface area (Å²) in [4.78, 5) is 21.6. The fourth-order valence-electron chi connectivity index (χ4n) is 3.31. The van der Waals surface area contributed by atoms with Crippen LogP contribution in [0, 0.1) is 6.92 Å². The number of ether oxygens (including phenoxy) is 1. The number of carbonyl (C=O) groups excluding carboxylic acids is 1. The molecule has 0 saturated heterocycles. The van der Waals surface area contributed by atoms with E-state index in [0.29, 0.717) is 22.4 Å². The van der Waals surface area contributed by atoms with Gasteiger partial charge in [-0.1, -0.05) is 53.3 Å². The minimum absolute atomic E-state index is 0.0541. The Balaban J connectivity index is 1.56. The molecule has 4 aromatic rings. The Labute approximate surface area is 190 Å². The van der Waals surface area contributed by atoms with Crippen molar-refractivity contribution in [2.75, 3.05) is 38.7 Å². The number of carbonyl (C=O) groups is 1. The van der Waals surface area contributed by atoms with E-state index >= 15 is 0 Å². The van der Waals surface area contributed by atoms with Crippen molar-refractivity contribution >= 4 is 55.0 Å². The van der Waals surface area contributed by atoms with Crippen LogP contribution < -0.4 is 9.64 Å². The van der Waals surface area contributed by atoms with Gasteiger partial charge in [0.1, 0.15) is 5.75 Å². The molecule has 1 heterocycles. The molecule has 0 spiro atoms. The summed E-state index contributed by atoms with van der Waals surface area (Å²) in [7, 11) is 3.97. The molecule has 0 unspecified atom stereocenters. The number of aromatic nitrogens is 1. The maximum atomic E-state index is 13.1. The summed E-state index contributed by atoms with van der Waals surface area (Å²) in [5.74, 6) is 0.546. The van der Waals surface area contributed by atoms with Crippen molar-refractivity contribution in [1.29, 1.82) is 0 Å². The molecule has 4 rings (SSSR count). The predicted molar refractivity (Wildman–Crippen MR) is 130 cm³/mol. The highest BCUT2D eigenvalue weighted by molar-refractivity contribution is 7.22. The van der Waals surface area contributed by atoms with E-state index in [9.17, 15) is 4.79 Å². The number of fused-ring (bicyclic) bond motifs is 2. The minimum atomic E-state index is -0.127. The zero-order chi connectivity index (χ0) is 22.0. The average Bonchev–Trinajstić information content (AvgIpc) is 3.19. The largest absolute Gasteiger partial charge is 0.484 e. The number of hydrogen-bond donors (Lipinski definition) is 0. The lowest BCUT2D eigenvalue weighted by Gasteiger charge is -2.22. The first-order chi connectivity index (χ1) is 14.9. The molecule has 160 valence electrons. The van der Waals surface area contributed by atoms with E-state index in [1.165, 1.54) is 11.3 Å². The molecule has 0 saturated carbocycles. The molecule has 5 nitrogen and oxygen atoms in total. The van der Waals surface area contributed by atoms with Crippen molar-refractivity contribution in [3.63, 3.8) is 0 Å². The minimum Gasteiger partial charge on any atom is -0.484 e. The summed E-state index contributed by atoms with van der Waals surface area (Å²) in [5, 5.41) is 3.55. The van der Waals surface area contributed by atoms with Gasteiger partial charge in [0.25, 0.3) is 5.91 Å². The van der Waals surface area contributed by atoms with Crippen LogP contribution in [0.3, 0.4) is 0 Å². The number of halogens is 1. The molecule has 0 N–H and O–H groups in total. The highest BCUT2D eigenvalue weighted by Gasteiger charge is 2.21. The Morgan fingerprint density at radius 1 is 1.06 bits per heavy atom. The maximum Gasteiger partial charge on any atom is 0.266 e. The van der Waals surface area contributed by atoms with Gasteiger partial charge in [-0.05, 0) is 61.6 Å². The van der Waals surface area contributed by atoms with Crippen LogP contribution in [0.4, 0.5) is 5.13 Å². The van der Waals surface area contributed by atoms with Crippen molar-refractivity contribution in [3.8, 4) is 5.75 Å². The van der Waals surface area contributed by atoms with Gasteiger partial charge in [0.15, 0.2) is 11.7 Å². The van der Waals surface area contributed by atoms with Crippen molar-refractivity contribution in [1.82, 2.24) is 9.88 Å². The van der Waals surface area contributed by atoms with Gasteiger partial charge in [-0.25, -0.2) is 4.98 Å². The Morgan fingerprint density at radius 3 is 2.61 bits per heavy atom. The number of likely N-dealkylation sites (N-methyl/N-ethyl adjacent to an activating group) is 1. The third-order valence-electron chi connectivity index (χ3n) is 5.12. The number of rotatable bonds is 7. The van der Waals surface area contributed by atoms with Gasteiger partial charge in [-0.3, -0.25) is 9.69 Å². The first-order valence-electron chi connectivity index (χ1n) is 10.0. The normalized spacial score (nSPS) is 11.4. The van der Waals surface area contributed by atoms with Crippen molar-refractivity contribution < 1.29 is 9.53 Å². The van der Waals surface area contributed by atoms with Crippen molar-refractivity contribution in [3.05, 3.63) is 65.2 Å². The van der Waals surface area contributed by atoms with Crippen LogP contribution in [0.5, 0.6) is 5.75 Å². The lowest BCUT2D eigenvalue weighted by atomic mass is 10.1. The highest BCUT2D eigenvalue weighted by atomic mass is 35.5. The third-order valence-corrected chi connectivity index (χ3v) is 6.58. The summed E-state index contributed by atoms with van der Waals surface area (Å²) in [6.45, 7) is 3.14. The number of anilines is 1. The zero-order valence-electron chi connectivity index (χ0n) is 17.8. The molecular weight excluding hydrogens is 430 g/mol. The molecule has 0 aliphatic carbocycles. The van der Waals surface area contributed by atoms with Gasteiger partial charge in [-0.15, -0.1) is 0 Å². The summed E-state index contributed by atoms with van der Waals surface area (Å²) >= 11 is 7.75. The Hall–Kier alpha value is -2.67. The molecular formula is C24H24ClN3O2S. The van der Waals surface area contributed by atoms with Gasteiger partial charge >= 0.3 is 0 Å². The van der Waals surface area contributed by atoms with E-state index in [-0.39, 0.29) is 12.5 Å². The fourth-order valence-corrected chi connectivity index (χ4v) is 4.53. The van der Waals surface area contributed by atoms with E-state index in [1.807, 2.05) is 74.4 Å². The summed E-state index contributed by atoms with van der Waals surface area (Å²) < 4.78 is 6.86. The van der Waals surface area contributed by atoms with Gasteiger partial charge in [0.05, 0.1) is 10.2 Å².